The second-order valence-electron chi connectivity index (χ2n) is 4.05. The van der Waals surface area contributed by atoms with Gasteiger partial charge in [0.25, 0.3) is 0 Å². The summed E-state index contributed by atoms with van der Waals surface area (Å²) >= 11 is 0.877. The van der Waals surface area contributed by atoms with Crippen molar-refractivity contribution >= 4 is 27.3 Å². The highest BCUT2D eigenvalue weighted by Gasteiger charge is 2.17. The molecule has 6 nitrogen and oxygen atoms in total. The van der Waals surface area contributed by atoms with E-state index in [0.29, 0.717) is 13.1 Å². The van der Waals surface area contributed by atoms with E-state index in [0.717, 1.165) is 30.5 Å². The van der Waals surface area contributed by atoms with Gasteiger partial charge in [-0.25, -0.2) is 13.1 Å². The number of carboxylic acids is 1. The van der Waals surface area contributed by atoms with E-state index in [4.69, 9.17) is 0 Å². The van der Waals surface area contributed by atoms with E-state index in [2.05, 4.69) is 4.72 Å². The van der Waals surface area contributed by atoms with Crippen LogP contribution in [-0.4, -0.2) is 40.6 Å². The predicted molar refractivity (Wildman–Crippen MR) is 70.7 cm³/mol. The lowest BCUT2D eigenvalue weighted by molar-refractivity contribution is -0.895. The summed E-state index contributed by atoms with van der Waals surface area (Å²) in [5.74, 6) is -1.37. The molecule has 1 rings (SSSR count). The van der Waals surface area contributed by atoms with Crippen LogP contribution in [0.25, 0.3) is 0 Å². The van der Waals surface area contributed by atoms with Crippen LogP contribution in [0.2, 0.25) is 0 Å². The van der Waals surface area contributed by atoms with Gasteiger partial charge < -0.3 is 14.8 Å². The second kappa shape index (κ2) is 6.99. The third-order valence-corrected chi connectivity index (χ3v) is 5.75. The van der Waals surface area contributed by atoms with Gasteiger partial charge in [0.15, 0.2) is 0 Å². The summed E-state index contributed by atoms with van der Waals surface area (Å²) in [6.07, 6.45) is 0. The Kier molecular flexibility index (Phi) is 5.92. The van der Waals surface area contributed by atoms with E-state index in [1.807, 2.05) is 13.8 Å². The van der Waals surface area contributed by atoms with Crippen molar-refractivity contribution in [2.24, 2.45) is 0 Å². The van der Waals surface area contributed by atoms with Gasteiger partial charge in [0.2, 0.25) is 10.0 Å². The molecule has 1 aromatic rings. The van der Waals surface area contributed by atoms with Crippen molar-refractivity contribution in [2.45, 2.75) is 18.1 Å². The molecule has 0 saturated carbocycles. The van der Waals surface area contributed by atoms with Gasteiger partial charge in [0.1, 0.15) is 4.21 Å². The number of nitrogens with one attached hydrogen (secondary N) is 2. The summed E-state index contributed by atoms with van der Waals surface area (Å²) in [6, 6.07) is 1.12. The molecule has 0 aliphatic heterocycles. The first-order valence-corrected chi connectivity index (χ1v) is 8.40. The number of carbonyl (C=O) groups excluding carboxylic acids is 1. The van der Waals surface area contributed by atoms with Crippen LogP contribution < -0.4 is 14.7 Å². The fraction of sp³-hybridized carbons (Fsp3) is 0.545. The Morgan fingerprint density at radius 1 is 1.42 bits per heavy atom. The minimum atomic E-state index is -3.62. The predicted octanol–water partition coefficient (Wildman–Crippen LogP) is -1.69. The molecule has 0 amide bonds. The quantitative estimate of drug-likeness (QED) is 0.600. The Hall–Kier alpha value is -0.960. The number of thiophene rings is 1. The monoisotopic (exact) mass is 306 g/mol. The van der Waals surface area contributed by atoms with Crippen molar-refractivity contribution < 1.29 is 23.2 Å². The number of likely N-dealkylation sites (N-methyl/N-ethyl adjacent to an activating group) is 1. The maximum absolute atomic E-state index is 11.9. The van der Waals surface area contributed by atoms with Crippen LogP contribution >= 0.6 is 11.3 Å². The summed E-state index contributed by atoms with van der Waals surface area (Å²) in [5.41, 5.74) is -0.111. The molecule has 0 saturated heterocycles. The molecule has 0 aliphatic rings. The minimum Gasteiger partial charge on any atom is -0.545 e. The highest BCUT2D eigenvalue weighted by Crippen LogP contribution is 2.19. The van der Waals surface area contributed by atoms with Crippen molar-refractivity contribution in [3.8, 4) is 0 Å². The van der Waals surface area contributed by atoms with Crippen molar-refractivity contribution in [3.05, 3.63) is 17.0 Å². The molecular weight excluding hydrogens is 288 g/mol. The fourth-order valence-electron chi connectivity index (χ4n) is 1.60. The number of carbonyl (C=O) groups is 1. The average molecular weight is 306 g/mol. The number of quaternary nitrogens is 1. The first kappa shape index (κ1) is 16.1. The van der Waals surface area contributed by atoms with Gasteiger partial charge in [-0.15, -0.1) is 11.3 Å². The highest BCUT2D eigenvalue weighted by molar-refractivity contribution is 7.91. The highest BCUT2D eigenvalue weighted by atomic mass is 32.2. The lowest BCUT2D eigenvalue weighted by atomic mass is 10.4. The number of hydrogen-bond acceptors (Lipinski definition) is 5. The van der Waals surface area contributed by atoms with E-state index in [1.165, 1.54) is 10.3 Å². The fourth-order valence-corrected chi connectivity index (χ4v) is 3.83. The second-order valence-corrected chi connectivity index (χ2v) is 6.95. The molecule has 0 atom stereocenters. The molecule has 0 aromatic carbocycles. The van der Waals surface area contributed by atoms with Crippen molar-refractivity contribution in [2.75, 3.05) is 26.2 Å². The summed E-state index contributed by atoms with van der Waals surface area (Å²) in [4.78, 5) is 11.9. The molecule has 108 valence electrons. The first-order chi connectivity index (χ1) is 8.90. The Morgan fingerprint density at radius 3 is 2.53 bits per heavy atom. The van der Waals surface area contributed by atoms with Crippen LogP contribution in [0.4, 0.5) is 0 Å². The van der Waals surface area contributed by atoms with E-state index < -0.39 is 16.0 Å². The van der Waals surface area contributed by atoms with E-state index in [-0.39, 0.29) is 9.77 Å². The van der Waals surface area contributed by atoms with Gasteiger partial charge in [0.05, 0.1) is 32.1 Å². The summed E-state index contributed by atoms with van der Waals surface area (Å²) < 4.78 is 26.3. The SMILES string of the molecule is CC[NH+](CC)CCNS(=O)(=O)c1cc(C(=O)[O-])cs1. The van der Waals surface area contributed by atoms with Crippen LogP contribution in [-0.2, 0) is 10.0 Å². The number of sulfonamides is 1. The largest absolute Gasteiger partial charge is 0.545 e. The van der Waals surface area contributed by atoms with Crippen LogP contribution in [0.15, 0.2) is 15.7 Å². The zero-order valence-electron chi connectivity index (χ0n) is 10.9. The number of rotatable bonds is 8. The van der Waals surface area contributed by atoms with Gasteiger partial charge in [0, 0.05) is 10.9 Å². The molecule has 1 aromatic heterocycles. The van der Waals surface area contributed by atoms with Crippen LogP contribution in [0.5, 0.6) is 0 Å². The standard InChI is InChI=1S/C11H18N2O4S2/c1-3-13(4-2)6-5-12-19(16,17)10-7-9(8-18-10)11(14)15/h7-8,12H,3-6H2,1-2H3,(H,14,15). The number of hydrogen-bond donors (Lipinski definition) is 2. The molecule has 0 spiro atoms. The number of aromatic carboxylic acids is 1. The maximum atomic E-state index is 11.9. The Balaban J connectivity index is 2.63. The average Bonchev–Trinajstić information content (AvgIpc) is 2.85. The Morgan fingerprint density at radius 2 is 2.05 bits per heavy atom. The minimum absolute atomic E-state index is 0.00115. The molecule has 1 heterocycles. The Bertz CT molecular complexity index is 521. The molecule has 0 bridgehead atoms. The third-order valence-electron chi connectivity index (χ3n) is 2.85. The summed E-state index contributed by atoms with van der Waals surface area (Å²) in [6.45, 7) is 6.98. The number of carboxylic acid groups (broad SMARTS) is 1. The van der Waals surface area contributed by atoms with Crippen molar-refractivity contribution in [3.63, 3.8) is 0 Å². The lowest BCUT2D eigenvalue weighted by Gasteiger charge is -2.15. The topological polar surface area (TPSA) is 90.7 Å². The molecule has 0 unspecified atom stereocenters. The van der Waals surface area contributed by atoms with E-state index in [1.54, 1.807) is 0 Å². The van der Waals surface area contributed by atoms with Gasteiger partial charge in [-0.05, 0) is 19.9 Å². The smallest absolute Gasteiger partial charge is 0.250 e. The molecule has 0 fully saturated rings. The molecule has 2 N–H and O–H groups in total. The van der Waals surface area contributed by atoms with E-state index >= 15 is 0 Å². The van der Waals surface area contributed by atoms with E-state index in [9.17, 15) is 18.3 Å². The van der Waals surface area contributed by atoms with Gasteiger partial charge in [-0.3, -0.25) is 0 Å². The molecule has 0 radical (unpaired) electrons. The zero-order valence-corrected chi connectivity index (χ0v) is 12.6. The van der Waals surface area contributed by atoms with Gasteiger partial charge in [-0.1, -0.05) is 0 Å². The maximum Gasteiger partial charge on any atom is 0.250 e. The third kappa shape index (κ3) is 4.57. The summed E-state index contributed by atoms with van der Waals surface area (Å²) in [5, 5.41) is 11.9. The van der Waals surface area contributed by atoms with Crippen LogP contribution in [0.3, 0.4) is 0 Å². The molecule has 8 heteroatoms. The summed E-state index contributed by atoms with van der Waals surface area (Å²) in [7, 11) is -3.62. The van der Waals surface area contributed by atoms with Crippen molar-refractivity contribution in [1.29, 1.82) is 0 Å². The normalized spacial score (nSPS) is 11.9. The van der Waals surface area contributed by atoms with Crippen LogP contribution in [0.1, 0.15) is 24.2 Å². The molecule has 0 aliphatic carbocycles. The molecule has 19 heavy (non-hydrogen) atoms. The van der Waals surface area contributed by atoms with Gasteiger partial charge in [-0.2, -0.15) is 0 Å². The van der Waals surface area contributed by atoms with Crippen molar-refractivity contribution in [1.82, 2.24) is 4.72 Å². The molecular formula is C11H18N2O4S2. The Labute approximate surface area is 117 Å². The van der Waals surface area contributed by atoms with Crippen LogP contribution in [0, 0.1) is 0 Å². The lowest BCUT2D eigenvalue weighted by Crippen LogP contribution is -3.12. The first-order valence-electron chi connectivity index (χ1n) is 6.03. The van der Waals surface area contributed by atoms with Gasteiger partial charge >= 0.3 is 0 Å². The zero-order chi connectivity index (χ0) is 14.5.